The van der Waals surface area contributed by atoms with Crippen LogP contribution in [0, 0.1) is 19.8 Å². The SMILES string of the molecule is COc1nc(C)c(NC(=O)CCC2CCCC2)c(C)n1. The molecule has 1 aliphatic carbocycles. The Morgan fingerprint density at radius 3 is 2.40 bits per heavy atom. The first-order valence-electron chi connectivity index (χ1n) is 7.29. The predicted molar refractivity (Wildman–Crippen MR) is 77.9 cm³/mol. The van der Waals surface area contributed by atoms with Gasteiger partial charge in [-0.1, -0.05) is 25.7 Å². The molecule has 1 saturated carbocycles. The van der Waals surface area contributed by atoms with Crippen molar-refractivity contribution in [2.24, 2.45) is 5.92 Å². The molecule has 1 heterocycles. The smallest absolute Gasteiger partial charge is 0.316 e. The molecule has 110 valence electrons. The molecule has 0 radical (unpaired) electrons. The molecule has 0 aliphatic heterocycles. The lowest BCUT2D eigenvalue weighted by Gasteiger charge is -2.12. The number of carbonyl (C=O) groups excluding carboxylic acids is 1. The van der Waals surface area contributed by atoms with Crippen LogP contribution in [-0.2, 0) is 4.79 Å². The van der Waals surface area contributed by atoms with Gasteiger partial charge in [0.1, 0.15) is 0 Å². The maximum Gasteiger partial charge on any atom is 0.316 e. The van der Waals surface area contributed by atoms with Gasteiger partial charge >= 0.3 is 6.01 Å². The van der Waals surface area contributed by atoms with E-state index in [0.717, 1.165) is 23.7 Å². The molecule has 0 unspecified atom stereocenters. The van der Waals surface area contributed by atoms with E-state index in [9.17, 15) is 4.79 Å². The average molecular weight is 277 g/mol. The number of aromatic nitrogens is 2. The molecular formula is C15H23N3O2. The van der Waals surface area contributed by atoms with E-state index in [0.29, 0.717) is 18.1 Å². The second-order valence-electron chi connectivity index (χ2n) is 5.49. The summed E-state index contributed by atoms with van der Waals surface area (Å²) in [4.78, 5) is 20.4. The topological polar surface area (TPSA) is 64.1 Å². The fourth-order valence-electron chi connectivity index (χ4n) is 2.79. The van der Waals surface area contributed by atoms with Crippen LogP contribution in [0.25, 0.3) is 0 Å². The van der Waals surface area contributed by atoms with E-state index in [1.54, 1.807) is 0 Å². The highest BCUT2D eigenvalue weighted by Gasteiger charge is 2.17. The van der Waals surface area contributed by atoms with Gasteiger partial charge in [0.2, 0.25) is 5.91 Å². The maximum absolute atomic E-state index is 12.0. The Morgan fingerprint density at radius 1 is 1.25 bits per heavy atom. The molecule has 5 nitrogen and oxygen atoms in total. The van der Waals surface area contributed by atoms with Crippen LogP contribution in [0.15, 0.2) is 0 Å². The van der Waals surface area contributed by atoms with Crippen molar-refractivity contribution in [3.05, 3.63) is 11.4 Å². The third-order valence-corrected chi connectivity index (χ3v) is 3.95. The zero-order valence-corrected chi connectivity index (χ0v) is 12.5. The number of ether oxygens (including phenoxy) is 1. The van der Waals surface area contributed by atoms with E-state index < -0.39 is 0 Å². The fourth-order valence-corrected chi connectivity index (χ4v) is 2.79. The van der Waals surface area contributed by atoms with Crippen LogP contribution in [0.2, 0.25) is 0 Å². The van der Waals surface area contributed by atoms with Crippen molar-refractivity contribution in [2.75, 3.05) is 12.4 Å². The first-order valence-corrected chi connectivity index (χ1v) is 7.29. The average Bonchev–Trinajstić information content (AvgIpc) is 2.93. The molecule has 0 saturated heterocycles. The van der Waals surface area contributed by atoms with Crippen molar-refractivity contribution in [3.8, 4) is 6.01 Å². The molecule has 5 heteroatoms. The second-order valence-corrected chi connectivity index (χ2v) is 5.49. The summed E-state index contributed by atoms with van der Waals surface area (Å²) >= 11 is 0. The lowest BCUT2D eigenvalue weighted by Crippen LogP contribution is -2.16. The van der Waals surface area contributed by atoms with Gasteiger partial charge in [0.05, 0.1) is 24.2 Å². The monoisotopic (exact) mass is 277 g/mol. The zero-order valence-electron chi connectivity index (χ0n) is 12.5. The summed E-state index contributed by atoms with van der Waals surface area (Å²) in [5.41, 5.74) is 2.19. The molecule has 1 aromatic heterocycles. The number of methoxy groups -OCH3 is 1. The molecule has 0 aromatic carbocycles. The highest BCUT2D eigenvalue weighted by atomic mass is 16.5. The van der Waals surface area contributed by atoms with Gasteiger partial charge in [-0.05, 0) is 26.2 Å². The van der Waals surface area contributed by atoms with Gasteiger partial charge in [0.25, 0.3) is 0 Å². The number of nitrogens with one attached hydrogen (secondary N) is 1. The maximum atomic E-state index is 12.0. The number of carbonyl (C=O) groups is 1. The van der Waals surface area contributed by atoms with Crippen LogP contribution in [0.3, 0.4) is 0 Å². The van der Waals surface area contributed by atoms with E-state index in [4.69, 9.17) is 4.74 Å². The predicted octanol–water partition coefficient (Wildman–Crippen LogP) is 3.01. The highest BCUT2D eigenvalue weighted by Crippen LogP contribution is 2.28. The number of rotatable bonds is 5. The minimum Gasteiger partial charge on any atom is -0.467 e. The molecule has 20 heavy (non-hydrogen) atoms. The normalized spacial score (nSPS) is 15.3. The number of anilines is 1. The van der Waals surface area contributed by atoms with Gasteiger partial charge in [-0.3, -0.25) is 4.79 Å². The molecule has 0 spiro atoms. The fraction of sp³-hybridized carbons (Fsp3) is 0.667. The standard InChI is InChI=1S/C15H23N3O2/c1-10-14(11(2)17-15(16-10)20-3)18-13(19)9-8-12-6-4-5-7-12/h12H,4-9H2,1-3H3,(H,18,19). The van der Waals surface area contributed by atoms with Crippen molar-refractivity contribution in [2.45, 2.75) is 52.4 Å². The van der Waals surface area contributed by atoms with Crippen molar-refractivity contribution >= 4 is 11.6 Å². The zero-order chi connectivity index (χ0) is 14.5. The number of hydrogen-bond donors (Lipinski definition) is 1. The van der Waals surface area contributed by atoms with Crippen LogP contribution < -0.4 is 10.1 Å². The Balaban J connectivity index is 1.93. The highest BCUT2D eigenvalue weighted by molar-refractivity contribution is 5.91. The second kappa shape index (κ2) is 6.68. The molecule has 1 fully saturated rings. The first-order chi connectivity index (χ1) is 9.60. The summed E-state index contributed by atoms with van der Waals surface area (Å²) in [7, 11) is 1.54. The number of hydrogen-bond acceptors (Lipinski definition) is 4. The molecule has 0 atom stereocenters. The lowest BCUT2D eigenvalue weighted by molar-refractivity contribution is -0.116. The summed E-state index contributed by atoms with van der Waals surface area (Å²) in [6, 6.07) is 0.337. The van der Waals surface area contributed by atoms with Crippen molar-refractivity contribution < 1.29 is 9.53 Å². The lowest BCUT2D eigenvalue weighted by atomic mass is 10.0. The summed E-state index contributed by atoms with van der Waals surface area (Å²) in [5, 5.41) is 2.93. The Morgan fingerprint density at radius 2 is 1.85 bits per heavy atom. The Kier molecular flexibility index (Phi) is 4.93. The molecular weight excluding hydrogens is 254 g/mol. The first kappa shape index (κ1) is 14.8. The van der Waals surface area contributed by atoms with E-state index >= 15 is 0 Å². The van der Waals surface area contributed by atoms with E-state index in [2.05, 4.69) is 15.3 Å². The number of aryl methyl sites for hydroxylation is 2. The van der Waals surface area contributed by atoms with E-state index in [-0.39, 0.29) is 5.91 Å². The largest absolute Gasteiger partial charge is 0.467 e. The molecule has 2 rings (SSSR count). The van der Waals surface area contributed by atoms with Gasteiger partial charge in [0.15, 0.2) is 0 Å². The summed E-state index contributed by atoms with van der Waals surface area (Å²) in [6.45, 7) is 3.70. The third kappa shape index (κ3) is 3.68. The van der Waals surface area contributed by atoms with Crippen LogP contribution in [-0.4, -0.2) is 23.0 Å². The summed E-state index contributed by atoms with van der Waals surface area (Å²) in [6.07, 6.45) is 6.75. The Bertz CT molecular complexity index is 459. The number of amides is 1. The minimum absolute atomic E-state index is 0.0527. The van der Waals surface area contributed by atoms with Gasteiger partial charge < -0.3 is 10.1 Å². The van der Waals surface area contributed by atoms with Gasteiger partial charge in [-0.25, -0.2) is 0 Å². The molecule has 1 amide bonds. The van der Waals surface area contributed by atoms with E-state index in [1.165, 1.54) is 32.8 Å². The van der Waals surface area contributed by atoms with E-state index in [1.807, 2.05) is 13.8 Å². The van der Waals surface area contributed by atoms with Gasteiger partial charge in [0, 0.05) is 6.42 Å². The molecule has 1 aromatic rings. The number of nitrogens with zero attached hydrogens (tertiary/aromatic N) is 2. The molecule has 1 N–H and O–H groups in total. The third-order valence-electron chi connectivity index (χ3n) is 3.95. The van der Waals surface area contributed by atoms with Crippen molar-refractivity contribution in [1.82, 2.24) is 9.97 Å². The van der Waals surface area contributed by atoms with Crippen molar-refractivity contribution in [3.63, 3.8) is 0 Å². The minimum atomic E-state index is 0.0527. The quantitative estimate of drug-likeness (QED) is 0.898. The Hall–Kier alpha value is -1.65. The van der Waals surface area contributed by atoms with Gasteiger partial charge in [-0.15, -0.1) is 0 Å². The van der Waals surface area contributed by atoms with Crippen LogP contribution in [0.4, 0.5) is 5.69 Å². The Labute approximate surface area is 120 Å². The summed E-state index contributed by atoms with van der Waals surface area (Å²) in [5.74, 6) is 0.784. The van der Waals surface area contributed by atoms with Crippen LogP contribution >= 0.6 is 0 Å². The molecule has 0 bridgehead atoms. The van der Waals surface area contributed by atoms with Crippen molar-refractivity contribution in [1.29, 1.82) is 0 Å². The van der Waals surface area contributed by atoms with Gasteiger partial charge in [-0.2, -0.15) is 9.97 Å². The van der Waals surface area contributed by atoms with Crippen LogP contribution in [0.5, 0.6) is 6.01 Å². The summed E-state index contributed by atoms with van der Waals surface area (Å²) < 4.78 is 5.02. The van der Waals surface area contributed by atoms with Crippen LogP contribution in [0.1, 0.15) is 49.9 Å². The molecule has 1 aliphatic rings.